The quantitative estimate of drug-likeness (QED) is 0.397. The highest BCUT2D eigenvalue weighted by molar-refractivity contribution is 7.99. The Morgan fingerprint density at radius 2 is 1.89 bits per heavy atom. The molecule has 0 aliphatic carbocycles. The number of aromatic nitrogens is 3. The monoisotopic (exact) mass is 397 g/mol. The summed E-state index contributed by atoms with van der Waals surface area (Å²) in [6.45, 7) is 1.55. The lowest BCUT2D eigenvalue weighted by Crippen LogP contribution is -2.16. The second-order valence-electron chi connectivity index (χ2n) is 7.00. The summed E-state index contributed by atoms with van der Waals surface area (Å²) >= 11 is 1.73. The van der Waals surface area contributed by atoms with Crippen molar-refractivity contribution >= 4 is 11.8 Å². The maximum atomic E-state index is 13.3. The molecule has 0 amide bonds. The molecule has 4 rings (SSSR count). The third-order valence-electron chi connectivity index (χ3n) is 4.91. The minimum absolute atomic E-state index is 0.193. The van der Waals surface area contributed by atoms with E-state index in [2.05, 4.69) is 39.0 Å². The molecule has 4 nitrogen and oxygen atoms in total. The third-order valence-corrected chi connectivity index (χ3v) is 5.97. The molecular weight excluding hydrogens is 373 g/mol. The Morgan fingerprint density at radius 1 is 1.07 bits per heavy atom. The smallest absolute Gasteiger partial charge is 0.191 e. The van der Waals surface area contributed by atoms with Crippen molar-refractivity contribution in [3.63, 3.8) is 0 Å². The molecule has 1 fully saturated rings. The van der Waals surface area contributed by atoms with Gasteiger partial charge in [-0.2, -0.15) is 0 Å². The van der Waals surface area contributed by atoms with Gasteiger partial charge < -0.3 is 4.74 Å². The van der Waals surface area contributed by atoms with Gasteiger partial charge in [-0.05, 0) is 55.5 Å². The molecule has 0 saturated carbocycles. The van der Waals surface area contributed by atoms with Crippen LogP contribution in [0.2, 0.25) is 0 Å². The molecule has 3 aromatic rings. The number of ether oxygens (including phenoxy) is 1. The summed E-state index contributed by atoms with van der Waals surface area (Å²) in [6.07, 6.45) is 4.47. The fourth-order valence-corrected chi connectivity index (χ4v) is 4.34. The maximum absolute atomic E-state index is 13.3. The fraction of sp³-hybridized carbons (Fsp3) is 0.364. The molecule has 0 radical (unpaired) electrons. The Kier molecular flexibility index (Phi) is 6.39. The Labute approximate surface area is 169 Å². The van der Waals surface area contributed by atoms with Gasteiger partial charge in [0, 0.05) is 17.9 Å². The predicted molar refractivity (Wildman–Crippen MR) is 110 cm³/mol. The van der Waals surface area contributed by atoms with Crippen LogP contribution in [0.1, 0.15) is 24.8 Å². The van der Waals surface area contributed by atoms with E-state index in [1.165, 1.54) is 17.7 Å². The predicted octanol–water partition coefficient (Wildman–Crippen LogP) is 4.99. The Hall–Kier alpha value is -2.18. The van der Waals surface area contributed by atoms with Crippen molar-refractivity contribution in [2.24, 2.45) is 0 Å². The standard InChI is InChI=1S/C22H24FN3OS/c23-19-12-10-18(11-13-19)21-24-25-22(26(21)16-20-9-4-14-27-20)28-15-5-8-17-6-2-1-3-7-17/h1-3,6-7,10-13,20H,4-5,8-9,14-16H2. The van der Waals surface area contributed by atoms with Gasteiger partial charge in [0.1, 0.15) is 5.82 Å². The van der Waals surface area contributed by atoms with Gasteiger partial charge in [0.25, 0.3) is 0 Å². The zero-order chi connectivity index (χ0) is 19.2. The molecule has 1 aliphatic rings. The maximum Gasteiger partial charge on any atom is 0.191 e. The zero-order valence-electron chi connectivity index (χ0n) is 15.8. The van der Waals surface area contributed by atoms with Crippen molar-refractivity contribution in [1.82, 2.24) is 14.8 Å². The van der Waals surface area contributed by atoms with Crippen molar-refractivity contribution in [2.45, 2.75) is 43.5 Å². The highest BCUT2D eigenvalue weighted by atomic mass is 32.2. The largest absolute Gasteiger partial charge is 0.376 e. The summed E-state index contributed by atoms with van der Waals surface area (Å²) in [6, 6.07) is 17.0. The van der Waals surface area contributed by atoms with Crippen LogP contribution < -0.4 is 0 Å². The fourth-order valence-electron chi connectivity index (χ4n) is 3.45. The van der Waals surface area contributed by atoms with E-state index in [4.69, 9.17) is 4.74 Å². The van der Waals surface area contributed by atoms with Crippen molar-refractivity contribution < 1.29 is 9.13 Å². The van der Waals surface area contributed by atoms with E-state index in [0.29, 0.717) is 0 Å². The Morgan fingerprint density at radius 3 is 2.64 bits per heavy atom. The average molecular weight is 398 g/mol. The average Bonchev–Trinajstić information content (AvgIpc) is 3.38. The Balaban J connectivity index is 1.46. The highest BCUT2D eigenvalue weighted by Crippen LogP contribution is 2.27. The van der Waals surface area contributed by atoms with Crippen LogP contribution in [-0.4, -0.2) is 33.2 Å². The summed E-state index contributed by atoms with van der Waals surface area (Å²) in [5, 5.41) is 9.74. The van der Waals surface area contributed by atoms with E-state index in [9.17, 15) is 4.39 Å². The van der Waals surface area contributed by atoms with E-state index in [-0.39, 0.29) is 11.9 Å². The summed E-state index contributed by atoms with van der Waals surface area (Å²) in [4.78, 5) is 0. The molecule has 28 heavy (non-hydrogen) atoms. The van der Waals surface area contributed by atoms with Crippen LogP contribution in [0.5, 0.6) is 0 Å². The number of nitrogens with zero attached hydrogens (tertiary/aromatic N) is 3. The topological polar surface area (TPSA) is 39.9 Å². The van der Waals surface area contributed by atoms with Gasteiger partial charge in [0.2, 0.25) is 0 Å². The van der Waals surface area contributed by atoms with E-state index in [1.807, 2.05) is 6.07 Å². The number of hydrogen-bond donors (Lipinski definition) is 0. The van der Waals surface area contributed by atoms with Gasteiger partial charge in [-0.15, -0.1) is 10.2 Å². The number of benzene rings is 2. The summed E-state index contributed by atoms with van der Waals surface area (Å²) in [5.74, 6) is 1.51. The molecule has 0 N–H and O–H groups in total. The van der Waals surface area contributed by atoms with Crippen molar-refractivity contribution in [2.75, 3.05) is 12.4 Å². The van der Waals surface area contributed by atoms with Crippen LogP contribution in [0.4, 0.5) is 4.39 Å². The van der Waals surface area contributed by atoms with E-state index < -0.39 is 0 Å². The van der Waals surface area contributed by atoms with Crippen LogP contribution in [-0.2, 0) is 17.7 Å². The first-order chi connectivity index (χ1) is 13.8. The molecule has 1 unspecified atom stereocenters. The summed E-state index contributed by atoms with van der Waals surface area (Å²) < 4.78 is 21.3. The molecule has 1 aliphatic heterocycles. The van der Waals surface area contributed by atoms with Crippen LogP contribution in [0.25, 0.3) is 11.4 Å². The lowest BCUT2D eigenvalue weighted by atomic mass is 10.1. The molecular formula is C22H24FN3OS. The van der Waals surface area contributed by atoms with Crippen LogP contribution in [0, 0.1) is 5.82 Å². The number of hydrogen-bond acceptors (Lipinski definition) is 4. The molecule has 1 saturated heterocycles. The minimum atomic E-state index is -0.246. The lowest BCUT2D eigenvalue weighted by molar-refractivity contribution is 0.0953. The minimum Gasteiger partial charge on any atom is -0.376 e. The molecule has 2 aromatic carbocycles. The van der Waals surface area contributed by atoms with Crippen molar-refractivity contribution in [3.8, 4) is 11.4 Å². The lowest BCUT2D eigenvalue weighted by Gasteiger charge is -2.14. The number of thioether (sulfide) groups is 1. The first-order valence-electron chi connectivity index (χ1n) is 9.77. The molecule has 1 atom stereocenters. The van der Waals surface area contributed by atoms with Gasteiger partial charge in [-0.3, -0.25) is 4.57 Å². The number of rotatable bonds is 8. The second kappa shape index (κ2) is 9.34. The summed E-state index contributed by atoms with van der Waals surface area (Å²) in [5.41, 5.74) is 2.24. The molecule has 6 heteroatoms. The van der Waals surface area contributed by atoms with E-state index in [0.717, 1.165) is 61.1 Å². The van der Waals surface area contributed by atoms with Gasteiger partial charge in [-0.25, -0.2) is 4.39 Å². The second-order valence-corrected chi connectivity index (χ2v) is 8.06. The summed E-state index contributed by atoms with van der Waals surface area (Å²) in [7, 11) is 0. The zero-order valence-corrected chi connectivity index (χ0v) is 16.6. The van der Waals surface area contributed by atoms with Crippen molar-refractivity contribution in [1.29, 1.82) is 0 Å². The van der Waals surface area contributed by atoms with Crippen LogP contribution >= 0.6 is 11.8 Å². The third kappa shape index (κ3) is 4.80. The van der Waals surface area contributed by atoms with Crippen molar-refractivity contribution in [3.05, 3.63) is 66.0 Å². The highest BCUT2D eigenvalue weighted by Gasteiger charge is 2.21. The van der Waals surface area contributed by atoms with E-state index >= 15 is 0 Å². The molecule has 0 spiro atoms. The molecule has 2 heterocycles. The van der Waals surface area contributed by atoms with Crippen LogP contribution in [0.15, 0.2) is 59.8 Å². The SMILES string of the molecule is Fc1ccc(-c2nnc(SCCCc3ccccc3)n2CC2CCCO2)cc1. The van der Waals surface area contributed by atoms with Gasteiger partial charge in [0.05, 0.1) is 12.6 Å². The number of halogens is 1. The van der Waals surface area contributed by atoms with Gasteiger partial charge in [-0.1, -0.05) is 42.1 Å². The Bertz CT molecular complexity index is 877. The van der Waals surface area contributed by atoms with Crippen LogP contribution in [0.3, 0.4) is 0 Å². The van der Waals surface area contributed by atoms with Gasteiger partial charge >= 0.3 is 0 Å². The molecule has 146 valence electrons. The van der Waals surface area contributed by atoms with Gasteiger partial charge in [0.15, 0.2) is 11.0 Å². The van der Waals surface area contributed by atoms with E-state index in [1.54, 1.807) is 23.9 Å². The molecule has 0 bridgehead atoms. The first kappa shape index (κ1) is 19.2. The normalized spacial score (nSPS) is 16.5. The molecule has 1 aromatic heterocycles. The number of aryl methyl sites for hydroxylation is 1. The first-order valence-corrected chi connectivity index (χ1v) is 10.8.